The van der Waals surface area contributed by atoms with Crippen LogP contribution in [-0.2, 0) is 14.3 Å². The van der Waals surface area contributed by atoms with Crippen LogP contribution in [-0.4, -0.2) is 30.3 Å². The van der Waals surface area contributed by atoms with Crippen LogP contribution in [0.15, 0.2) is 42.5 Å². The van der Waals surface area contributed by atoms with Gasteiger partial charge in [0.05, 0.1) is 5.92 Å². The molecule has 2 aromatic rings. The summed E-state index contributed by atoms with van der Waals surface area (Å²) in [7, 11) is 0. The van der Waals surface area contributed by atoms with E-state index in [0.29, 0.717) is 21.3 Å². The molecule has 1 aliphatic heterocycles. The Morgan fingerprint density at radius 2 is 1.82 bits per heavy atom. The molecule has 0 unspecified atom stereocenters. The van der Waals surface area contributed by atoms with Gasteiger partial charge in [-0.1, -0.05) is 29.3 Å². The Labute approximate surface area is 173 Å². The first-order valence-electron chi connectivity index (χ1n) is 8.83. The Bertz CT molecular complexity index is 927. The minimum Gasteiger partial charge on any atom is -0.454 e. The topological polar surface area (TPSA) is 63.7 Å². The Morgan fingerprint density at radius 1 is 1.14 bits per heavy atom. The fraction of sp³-hybridized carbons (Fsp3) is 0.286. The first-order chi connectivity index (χ1) is 13.3. The van der Waals surface area contributed by atoms with Gasteiger partial charge in [0.1, 0.15) is 0 Å². The Morgan fingerprint density at radius 3 is 2.50 bits per heavy atom. The van der Waals surface area contributed by atoms with Gasteiger partial charge in [0.25, 0.3) is 0 Å². The molecule has 0 aromatic heterocycles. The molecule has 0 bridgehead atoms. The molecule has 1 saturated heterocycles. The molecule has 0 spiro atoms. The Kier molecular flexibility index (Phi) is 6.06. The van der Waals surface area contributed by atoms with E-state index in [9.17, 15) is 14.4 Å². The number of nitrogens with zero attached hydrogens (tertiary/aromatic N) is 1. The Balaban J connectivity index is 1.66. The summed E-state index contributed by atoms with van der Waals surface area (Å²) in [5, 5.41) is 1.07. The highest BCUT2D eigenvalue weighted by Gasteiger charge is 2.38. The van der Waals surface area contributed by atoms with Gasteiger partial charge in [-0.25, -0.2) is 0 Å². The number of amides is 1. The lowest BCUT2D eigenvalue weighted by Crippen LogP contribution is -2.30. The summed E-state index contributed by atoms with van der Waals surface area (Å²) in [5.74, 6) is -1.70. The van der Waals surface area contributed by atoms with Crippen LogP contribution < -0.4 is 4.90 Å². The number of carbonyl (C=O) groups excluding carboxylic acids is 3. The lowest BCUT2D eigenvalue weighted by Gasteiger charge is -2.20. The van der Waals surface area contributed by atoms with E-state index in [0.717, 1.165) is 5.56 Å². The summed E-state index contributed by atoms with van der Waals surface area (Å²) in [5.41, 5.74) is 1.86. The first-order valence-corrected chi connectivity index (χ1v) is 9.59. The number of hydrogen-bond donors (Lipinski definition) is 0. The number of ether oxygens (including phenoxy) is 1. The number of anilines is 1. The third-order valence-corrected chi connectivity index (χ3v) is 5.44. The third-order valence-electron chi connectivity index (χ3n) is 4.78. The zero-order valence-electron chi connectivity index (χ0n) is 15.4. The molecule has 1 heterocycles. The second kappa shape index (κ2) is 8.33. The number of ketones is 1. The predicted octanol–water partition coefficient (Wildman–Crippen LogP) is 4.47. The van der Waals surface area contributed by atoms with Crippen molar-refractivity contribution >= 4 is 46.5 Å². The molecular formula is C21H19Cl2NO4. The van der Waals surface area contributed by atoms with Crippen LogP contribution in [0.3, 0.4) is 0 Å². The average Bonchev–Trinajstić information content (AvgIpc) is 3.05. The van der Waals surface area contributed by atoms with Crippen LogP contribution in [0.25, 0.3) is 0 Å². The van der Waals surface area contributed by atoms with Crippen molar-refractivity contribution in [1.29, 1.82) is 0 Å². The lowest BCUT2D eigenvalue weighted by molar-refractivity contribution is -0.151. The largest absolute Gasteiger partial charge is 0.454 e. The van der Waals surface area contributed by atoms with Crippen molar-refractivity contribution in [3.8, 4) is 0 Å². The van der Waals surface area contributed by atoms with Crippen molar-refractivity contribution in [3.05, 3.63) is 63.6 Å². The Hall–Kier alpha value is -2.37. The molecule has 3 rings (SSSR count). The molecule has 146 valence electrons. The number of benzene rings is 2. The van der Waals surface area contributed by atoms with Gasteiger partial charge in [0.15, 0.2) is 6.10 Å². The summed E-state index contributed by atoms with van der Waals surface area (Å²) in [6.45, 7) is 3.54. The normalized spacial score (nSPS) is 17.5. The van der Waals surface area contributed by atoms with Crippen LogP contribution >= 0.6 is 23.2 Å². The summed E-state index contributed by atoms with van der Waals surface area (Å²) in [6, 6.07) is 11.7. The van der Waals surface area contributed by atoms with Crippen molar-refractivity contribution in [2.45, 2.75) is 26.4 Å². The van der Waals surface area contributed by atoms with Gasteiger partial charge >= 0.3 is 5.97 Å². The van der Waals surface area contributed by atoms with Gasteiger partial charge in [-0.3, -0.25) is 14.4 Å². The molecule has 2 atom stereocenters. The molecule has 5 nitrogen and oxygen atoms in total. The van der Waals surface area contributed by atoms with Gasteiger partial charge in [0, 0.05) is 34.3 Å². The number of hydrogen-bond acceptors (Lipinski definition) is 4. The van der Waals surface area contributed by atoms with E-state index in [1.54, 1.807) is 47.4 Å². The zero-order valence-corrected chi connectivity index (χ0v) is 17.0. The number of esters is 1. The van der Waals surface area contributed by atoms with Crippen LogP contribution in [0.5, 0.6) is 0 Å². The molecule has 0 N–H and O–H groups in total. The third kappa shape index (κ3) is 4.21. The second-order valence-electron chi connectivity index (χ2n) is 6.74. The van der Waals surface area contributed by atoms with E-state index in [4.69, 9.17) is 27.9 Å². The molecule has 1 amide bonds. The number of Topliss-reactive ketones (excluding diaryl/α,β-unsaturated/α-hetero) is 1. The van der Waals surface area contributed by atoms with Gasteiger partial charge in [-0.15, -0.1) is 0 Å². The average molecular weight is 420 g/mol. The van der Waals surface area contributed by atoms with Crippen molar-refractivity contribution in [3.63, 3.8) is 0 Å². The minimum absolute atomic E-state index is 0.0344. The summed E-state index contributed by atoms with van der Waals surface area (Å²) < 4.78 is 5.34. The summed E-state index contributed by atoms with van der Waals surface area (Å²) >= 11 is 12.0. The fourth-order valence-corrected chi connectivity index (χ4v) is 3.46. The zero-order chi connectivity index (χ0) is 20.4. The van der Waals surface area contributed by atoms with E-state index in [1.807, 2.05) is 6.92 Å². The van der Waals surface area contributed by atoms with E-state index in [1.165, 1.54) is 6.92 Å². The molecule has 0 saturated carbocycles. The lowest BCUT2D eigenvalue weighted by atomic mass is 10.1. The van der Waals surface area contributed by atoms with Crippen molar-refractivity contribution in [2.75, 3.05) is 11.4 Å². The highest BCUT2D eigenvalue weighted by molar-refractivity contribution is 6.32. The molecule has 0 aliphatic carbocycles. The fourth-order valence-electron chi connectivity index (χ4n) is 3.16. The maximum Gasteiger partial charge on any atom is 0.312 e. The SMILES string of the molecule is Cc1c(Cl)cccc1N1C[C@H](C(=O)O[C@H](C)C(=O)c2ccc(Cl)cc2)CC1=O. The summed E-state index contributed by atoms with van der Waals surface area (Å²) in [6.07, 6.45) is -0.919. The number of carbonyl (C=O) groups is 3. The van der Waals surface area contributed by atoms with Crippen molar-refractivity contribution < 1.29 is 19.1 Å². The number of halogens is 2. The molecular weight excluding hydrogens is 401 g/mol. The van der Waals surface area contributed by atoms with E-state index in [-0.39, 0.29) is 24.7 Å². The highest BCUT2D eigenvalue weighted by atomic mass is 35.5. The summed E-state index contributed by atoms with van der Waals surface area (Å²) in [4.78, 5) is 38.9. The predicted molar refractivity (Wildman–Crippen MR) is 108 cm³/mol. The standard InChI is InChI=1S/C21H19Cl2NO4/c1-12-17(23)4-3-5-18(12)24-11-15(10-19(24)25)21(27)28-13(2)20(26)14-6-8-16(22)9-7-14/h3-9,13,15H,10-11H2,1-2H3/t13-,15-/m1/s1. The van der Waals surface area contributed by atoms with Crippen molar-refractivity contribution in [2.24, 2.45) is 5.92 Å². The minimum atomic E-state index is -0.953. The van der Waals surface area contributed by atoms with Crippen LogP contribution in [0.1, 0.15) is 29.3 Å². The van der Waals surface area contributed by atoms with Gasteiger partial charge in [-0.2, -0.15) is 0 Å². The van der Waals surface area contributed by atoms with Gasteiger partial charge < -0.3 is 9.64 Å². The molecule has 28 heavy (non-hydrogen) atoms. The maximum atomic E-state index is 12.5. The second-order valence-corrected chi connectivity index (χ2v) is 7.58. The maximum absolute atomic E-state index is 12.5. The number of rotatable bonds is 5. The molecule has 1 fully saturated rings. The highest BCUT2D eigenvalue weighted by Crippen LogP contribution is 2.32. The van der Waals surface area contributed by atoms with Gasteiger partial charge in [-0.05, 0) is 55.8 Å². The first kappa shape index (κ1) is 20.4. The molecule has 2 aromatic carbocycles. The van der Waals surface area contributed by atoms with E-state index in [2.05, 4.69) is 0 Å². The monoisotopic (exact) mass is 419 g/mol. The van der Waals surface area contributed by atoms with E-state index >= 15 is 0 Å². The molecule has 7 heteroatoms. The van der Waals surface area contributed by atoms with Crippen LogP contribution in [0, 0.1) is 12.8 Å². The van der Waals surface area contributed by atoms with Crippen LogP contribution in [0.2, 0.25) is 10.0 Å². The quantitative estimate of drug-likeness (QED) is 0.529. The van der Waals surface area contributed by atoms with Gasteiger partial charge in [0.2, 0.25) is 11.7 Å². The smallest absolute Gasteiger partial charge is 0.312 e. The van der Waals surface area contributed by atoms with Crippen LogP contribution in [0.4, 0.5) is 5.69 Å². The van der Waals surface area contributed by atoms with Crippen molar-refractivity contribution in [1.82, 2.24) is 0 Å². The molecule has 0 radical (unpaired) electrons. The molecule has 1 aliphatic rings. The van der Waals surface area contributed by atoms with E-state index < -0.39 is 18.0 Å².